The Morgan fingerprint density at radius 1 is 1.08 bits per heavy atom. The fourth-order valence-electron chi connectivity index (χ4n) is 2.75. The number of halogens is 2. The largest absolute Gasteiger partial charge is 0.482 e. The second-order valence-corrected chi connectivity index (χ2v) is 6.71. The molecule has 1 saturated heterocycles. The molecular formula is C18H18Cl2N2O4. The Morgan fingerprint density at radius 3 is 2.58 bits per heavy atom. The maximum absolute atomic E-state index is 12.4. The maximum Gasteiger partial charge on any atom is 0.289 e. The highest BCUT2D eigenvalue weighted by molar-refractivity contribution is 6.35. The smallest absolute Gasteiger partial charge is 0.289 e. The van der Waals surface area contributed by atoms with Gasteiger partial charge >= 0.3 is 0 Å². The third kappa shape index (κ3) is 4.51. The molecule has 6 nitrogen and oxygen atoms in total. The average molecular weight is 397 g/mol. The molecule has 2 heterocycles. The minimum Gasteiger partial charge on any atom is -0.482 e. The molecule has 2 amide bonds. The minimum absolute atomic E-state index is 0.118. The number of hydrogen-bond donors (Lipinski definition) is 0. The third-order valence-electron chi connectivity index (χ3n) is 4.11. The Balaban J connectivity index is 1.53. The van der Waals surface area contributed by atoms with Gasteiger partial charge in [0, 0.05) is 31.2 Å². The van der Waals surface area contributed by atoms with Gasteiger partial charge in [0.1, 0.15) is 5.75 Å². The molecule has 138 valence electrons. The van der Waals surface area contributed by atoms with E-state index in [0.717, 1.165) is 0 Å². The van der Waals surface area contributed by atoms with Crippen LogP contribution in [-0.4, -0.2) is 54.4 Å². The van der Waals surface area contributed by atoms with Crippen molar-refractivity contribution in [3.8, 4) is 5.75 Å². The number of carbonyl (C=O) groups excluding carboxylic acids is 2. The lowest BCUT2D eigenvalue weighted by Crippen LogP contribution is -2.39. The van der Waals surface area contributed by atoms with Gasteiger partial charge in [0.05, 0.1) is 11.3 Å². The van der Waals surface area contributed by atoms with Crippen molar-refractivity contribution in [1.29, 1.82) is 0 Å². The molecule has 3 rings (SSSR count). The molecule has 1 aliphatic rings. The van der Waals surface area contributed by atoms with Crippen molar-refractivity contribution >= 4 is 35.0 Å². The highest BCUT2D eigenvalue weighted by Crippen LogP contribution is 2.27. The predicted molar refractivity (Wildman–Crippen MR) is 97.8 cm³/mol. The number of carbonyl (C=O) groups is 2. The molecule has 1 fully saturated rings. The van der Waals surface area contributed by atoms with Gasteiger partial charge in [-0.2, -0.15) is 0 Å². The van der Waals surface area contributed by atoms with Crippen LogP contribution in [0.25, 0.3) is 0 Å². The Bertz CT molecular complexity index is 780. The molecule has 0 N–H and O–H groups in total. The van der Waals surface area contributed by atoms with E-state index >= 15 is 0 Å². The van der Waals surface area contributed by atoms with Gasteiger partial charge in [-0.3, -0.25) is 9.59 Å². The van der Waals surface area contributed by atoms with Gasteiger partial charge < -0.3 is 19.0 Å². The summed E-state index contributed by atoms with van der Waals surface area (Å²) in [5.74, 6) is 0.413. The molecule has 2 aromatic rings. The highest BCUT2D eigenvalue weighted by atomic mass is 35.5. The van der Waals surface area contributed by atoms with Crippen molar-refractivity contribution < 1.29 is 18.7 Å². The lowest BCUT2D eigenvalue weighted by molar-refractivity contribution is -0.133. The van der Waals surface area contributed by atoms with Crippen molar-refractivity contribution in [3.63, 3.8) is 0 Å². The van der Waals surface area contributed by atoms with Crippen molar-refractivity contribution in [2.24, 2.45) is 0 Å². The topological polar surface area (TPSA) is 63.0 Å². The molecule has 1 aliphatic heterocycles. The number of hydrogen-bond acceptors (Lipinski definition) is 4. The van der Waals surface area contributed by atoms with Crippen LogP contribution in [0, 0.1) is 0 Å². The molecule has 0 atom stereocenters. The summed E-state index contributed by atoms with van der Waals surface area (Å²) in [6.45, 7) is 1.93. The van der Waals surface area contributed by atoms with Crippen molar-refractivity contribution in [2.45, 2.75) is 6.42 Å². The van der Waals surface area contributed by atoms with Gasteiger partial charge in [0.15, 0.2) is 12.4 Å². The molecular weight excluding hydrogens is 379 g/mol. The van der Waals surface area contributed by atoms with E-state index in [2.05, 4.69) is 0 Å². The number of rotatable bonds is 4. The first-order valence-electron chi connectivity index (χ1n) is 8.23. The summed E-state index contributed by atoms with van der Waals surface area (Å²) >= 11 is 11.9. The fourth-order valence-corrected chi connectivity index (χ4v) is 3.21. The molecule has 0 radical (unpaired) electrons. The first kappa shape index (κ1) is 18.6. The fraction of sp³-hybridized carbons (Fsp3) is 0.333. The van der Waals surface area contributed by atoms with Gasteiger partial charge in [0.25, 0.3) is 11.8 Å². The molecule has 0 saturated carbocycles. The van der Waals surface area contributed by atoms with Gasteiger partial charge in [-0.1, -0.05) is 23.2 Å². The lowest BCUT2D eigenvalue weighted by atomic mass is 10.3. The zero-order valence-corrected chi connectivity index (χ0v) is 15.5. The van der Waals surface area contributed by atoms with Gasteiger partial charge in [-0.15, -0.1) is 0 Å². The van der Waals surface area contributed by atoms with Crippen LogP contribution in [0.1, 0.15) is 17.0 Å². The van der Waals surface area contributed by atoms with Gasteiger partial charge in [-0.05, 0) is 36.8 Å². The lowest BCUT2D eigenvalue weighted by Gasteiger charge is -2.21. The second-order valence-electron chi connectivity index (χ2n) is 5.87. The normalized spacial score (nSPS) is 14.8. The van der Waals surface area contributed by atoms with E-state index in [1.54, 1.807) is 40.1 Å². The summed E-state index contributed by atoms with van der Waals surface area (Å²) in [4.78, 5) is 28.2. The Morgan fingerprint density at radius 2 is 1.85 bits per heavy atom. The van der Waals surface area contributed by atoms with E-state index < -0.39 is 0 Å². The van der Waals surface area contributed by atoms with Crippen molar-refractivity contribution in [2.75, 3.05) is 32.8 Å². The van der Waals surface area contributed by atoms with E-state index in [-0.39, 0.29) is 18.4 Å². The number of nitrogens with zero attached hydrogens (tertiary/aromatic N) is 2. The van der Waals surface area contributed by atoms with Crippen LogP contribution in [0.5, 0.6) is 5.75 Å². The molecule has 8 heteroatoms. The second kappa shape index (κ2) is 8.47. The van der Waals surface area contributed by atoms with Crippen LogP contribution in [0.15, 0.2) is 41.0 Å². The van der Waals surface area contributed by atoms with Crippen LogP contribution >= 0.6 is 23.2 Å². The van der Waals surface area contributed by atoms with Gasteiger partial charge in [-0.25, -0.2) is 0 Å². The molecule has 1 aromatic heterocycles. The summed E-state index contributed by atoms with van der Waals surface area (Å²) in [6.07, 6.45) is 2.17. The Hall–Kier alpha value is -2.18. The van der Waals surface area contributed by atoms with Crippen molar-refractivity contribution in [3.05, 3.63) is 52.4 Å². The SMILES string of the molecule is O=C(COc1ccc(Cl)cc1Cl)N1CCCN(C(=O)c2ccco2)CC1. The van der Waals surface area contributed by atoms with Crippen molar-refractivity contribution in [1.82, 2.24) is 9.80 Å². The number of ether oxygens (including phenoxy) is 1. The molecule has 0 aliphatic carbocycles. The van der Waals surface area contributed by atoms with E-state index in [1.807, 2.05) is 0 Å². The highest BCUT2D eigenvalue weighted by Gasteiger charge is 2.24. The average Bonchev–Trinajstić information content (AvgIpc) is 3.04. The molecule has 0 unspecified atom stereocenters. The van der Waals surface area contributed by atoms with Crippen LogP contribution < -0.4 is 4.74 Å². The monoisotopic (exact) mass is 396 g/mol. The summed E-state index contributed by atoms with van der Waals surface area (Å²) < 4.78 is 10.7. The first-order chi connectivity index (χ1) is 12.5. The van der Waals surface area contributed by atoms with Crippen LogP contribution in [0.3, 0.4) is 0 Å². The van der Waals surface area contributed by atoms with E-state index in [4.69, 9.17) is 32.4 Å². The van der Waals surface area contributed by atoms with Crippen LogP contribution in [0.2, 0.25) is 10.0 Å². The standard InChI is InChI=1S/C18H18Cl2N2O4/c19-13-4-5-15(14(20)11-13)26-12-17(23)21-6-2-7-22(9-8-21)18(24)16-3-1-10-25-16/h1,3-5,10-11H,2,6-9,12H2. The summed E-state index contributed by atoms with van der Waals surface area (Å²) in [6, 6.07) is 8.16. The Labute approximate surface area is 161 Å². The predicted octanol–water partition coefficient (Wildman–Crippen LogP) is 3.34. The third-order valence-corrected chi connectivity index (χ3v) is 4.64. The van der Waals surface area contributed by atoms with E-state index in [1.165, 1.54) is 6.26 Å². The van der Waals surface area contributed by atoms with Gasteiger partial charge in [0.2, 0.25) is 0 Å². The molecule has 0 spiro atoms. The maximum atomic E-state index is 12.4. The zero-order valence-electron chi connectivity index (χ0n) is 14.0. The van der Waals surface area contributed by atoms with Crippen LogP contribution in [0.4, 0.5) is 0 Å². The summed E-state index contributed by atoms with van der Waals surface area (Å²) in [5.41, 5.74) is 0. The zero-order chi connectivity index (χ0) is 18.5. The molecule has 0 bridgehead atoms. The molecule has 26 heavy (non-hydrogen) atoms. The van der Waals surface area contributed by atoms with E-state index in [9.17, 15) is 9.59 Å². The van der Waals surface area contributed by atoms with E-state index in [0.29, 0.717) is 54.2 Å². The van der Waals surface area contributed by atoms with Crippen LogP contribution in [-0.2, 0) is 4.79 Å². The number of furan rings is 1. The minimum atomic E-state index is -0.159. The quantitative estimate of drug-likeness (QED) is 0.794. The first-order valence-corrected chi connectivity index (χ1v) is 8.98. The number of amides is 2. The summed E-state index contributed by atoms with van der Waals surface area (Å²) in [7, 11) is 0. The molecule has 1 aromatic carbocycles. The number of benzene rings is 1. The summed E-state index contributed by atoms with van der Waals surface area (Å²) in [5, 5.41) is 0.860. The Kier molecular flexibility index (Phi) is 6.06.